The van der Waals surface area contributed by atoms with Crippen molar-refractivity contribution in [3.05, 3.63) is 11.0 Å². The molecule has 0 saturated carbocycles. The first-order valence-corrected chi connectivity index (χ1v) is 4.96. The number of carbonyl (C=O) groups is 2. The van der Waals surface area contributed by atoms with Crippen molar-refractivity contribution in [1.29, 1.82) is 0 Å². The molecule has 2 amide bonds. The molecule has 0 atom stereocenters. The van der Waals surface area contributed by atoms with E-state index in [1.165, 1.54) is 4.90 Å². The van der Waals surface area contributed by atoms with Crippen molar-refractivity contribution < 1.29 is 9.59 Å². The lowest BCUT2D eigenvalue weighted by atomic mass is 10.4. The first kappa shape index (κ1) is 10.3. The van der Waals surface area contributed by atoms with E-state index in [1.807, 2.05) is 6.92 Å². The normalized spacial score (nSPS) is 20.5. The van der Waals surface area contributed by atoms with Crippen LogP contribution in [0.5, 0.6) is 0 Å². The van der Waals surface area contributed by atoms with Gasteiger partial charge in [-0.25, -0.2) is 0 Å². The minimum atomic E-state index is -0.213. The molecule has 0 spiro atoms. The topological polar surface area (TPSA) is 63.4 Å². The van der Waals surface area contributed by atoms with Gasteiger partial charge in [-0.2, -0.15) is 0 Å². The van der Waals surface area contributed by atoms with Gasteiger partial charge in [-0.15, -0.1) is 0 Å². The van der Waals surface area contributed by atoms with Gasteiger partial charge in [0.2, 0.25) is 0 Å². The van der Waals surface area contributed by atoms with E-state index < -0.39 is 0 Å². The molecule has 2 N–H and O–H groups in total. The van der Waals surface area contributed by atoms with Crippen LogP contribution in [0.3, 0.4) is 0 Å². The first-order valence-electron chi connectivity index (χ1n) is 4.14. The van der Waals surface area contributed by atoms with Crippen molar-refractivity contribution in [3.8, 4) is 0 Å². The Hall–Kier alpha value is -0.810. The molecule has 4 nitrogen and oxygen atoms in total. The fraction of sp³-hybridized carbons (Fsp3) is 0.500. The summed E-state index contributed by atoms with van der Waals surface area (Å²) in [5.41, 5.74) is 5.28. The number of hydrogen-bond donors (Lipinski definition) is 1. The molecule has 72 valence electrons. The molecule has 0 aliphatic carbocycles. The van der Waals surface area contributed by atoms with E-state index in [2.05, 4.69) is 0 Å². The van der Waals surface area contributed by atoms with Gasteiger partial charge >= 0.3 is 0 Å². The number of rotatable bonds is 3. The maximum Gasteiger partial charge on any atom is 0.293 e. The molecule has 0 bridgehead atoms. The zero-order valence-electron chi connectivity index (χ0n) is 7.45. The summed E-state index contributed by atoms with van der Waals surface area (Å²) >= 11 is 0.989. The maximum atomic E-state index is 11.5. The molecule has 0 radical (unpaired) electrons. The number of hydrogen-bond acceptors (Lipinski definition) is 4. The Labute approximate surface area is 81.1 Å². The van der Waals surface area contributed by atoms with Crippen molar-refractivity contribution in [3.63, 3.8) is 0 Å². The Kier molecular flexibility index (Phi) is 3.50. The highest BCUT2D eigenvalue weighted by Crippen LogP contribution is 2.30. The van der Waals surface area contributed by atoms with Gasteiger partial charge in [0.25, 0.3) is 11.1 Å². The summed E-state index contributed by atoms with van der Waals surface area (Å²) in [4.78, 5) is 24.4. The summed E-state index contributed by atoms with van der Waals surface area (Å²) in [6.45, 7) is 2.56. The third kappa shape index (κ3) is 2.10. The van der Waals surface area contributed by atoms with E-state index in [9.17, 15) is 9.59 Å². The van der Waals surface area contributed by atoms with Crippen LogP contribution in [0.2, 0.25) is 0 Å². The van der Waals surface area contributed by atoms with E-state index in [1.54, 1.807) is 6.08 Å². The van der Waals surface area contributed by atoms with Gasteiger partial charge in [0.15, 0.2) is 0 Å². The van der Waals surface area contributed by atoms with Crippen molar-refractivity contribution in [2.45, 2.75) is 13.3 Å². The number of thioether (sulfide) groups is 1. The molecule has 1 aliphatic rings. The molecule has 0 aromatic heterocycles. The standard InChI is InChI=1S/C8H12N2O2S/c1-2-3-6-7(11)10(5-4-9)8(12)13-6/h3H,2,4-5,9H2,1H3/b6-3-. The lowest BCUT2D eigenvalue weighted by Crippen LogP contribution is -2.33. The Bertz CT molecular complexity index is 263. The average molecular weight is 200 g/mol. The number of carbonyl (C=O) groups excluding carboxylic acids is 2. The van der Waals surface area contributed by atoms with Crippen molar-refractivity contribution in [2.24, 2.45) is 5.73 Å². The summed E-state index contributed by atoms with van der Waals surface area (Å²) in [5, 5.41) is -0.213. The molecule has 1 rings (SSSR count). The molecule has 1 fully saturated rings. The molecular formula is C8H12N2O2S. The summed E-state index contributed by atoms with van der Waals surface area (Å²) < 4.78 is 0. The summed E-state index contributed by atoms with van der Waals surface area (Å²) in [5.74, 6) is -0.206. The molecule has 1 saturated heterocycles. The zero-order valence-corrected chi connectivity index (χ0v) is 8.26. The van der Waals surface area contributed by atoms with Crippen LogP contribution in [0, 0.1) is 0 Å². The van der Waals surface area contributed by atoms with Gasteiger partial charge in [0, 0.05) is 13.1 Å². The van der Waals surface area contributed by atoms with E-state index in [4.69, 9.17) is 5.73 Å². The fourth-order valence-corrected chi connectivity index (χ4v) is 1.97. The SMILES string of the molecule is CC/C=C1\SC(=O)N(CCN)C1=O. The molecular weight excluding hydrogens is 188 g/mol. The second kappa shape index (κ2) is 4.43. The van der Waals surface area contributed by atoms with Crippen LogP contribution >= 0.6 is 11.8 Å². The van der Waals surface area contributed by atoms with Crippen LogP contribution in [-0.2, 0) is 4.79 Å². The molecule has 0 unspecified atom stereocenters. The van der Waals surface area contributed by atoms with Crippen molar-refractivity contribution in [2.75, 3.05) is 13.1 Å². The number of allylic oxidation sites excluding steroid dienone is 1. The average Bonchev–Trinajstić information content (AvgIpc) is 2.34. The van der Waals surface area contributed by atoms with Crippen LogP contribution in [0.1, 0.15) is 13.3 Å². The maximum absolute atomic E-state index is 11.5. The minimum absolute atomic E-state index is 0.206. The van der Waals surface area contributed by atoms with Gasteiger partial charge in [0.1, 0.15) is 0 Å². The Morgan fingerprint density at radius 3 is 2.77 bits per heavy atom. The quantitative estimate of drug-likeness (QED) is 0.688. The first-order chi connectivity index (χ1) is 6.20. The number of imide groups is 1. The van der Waals surface area contributed by atoms with Crippen molar-refractivity contribution in [1.82, 2.24) is 4.90 Å². The summed E-state index contributed by atoms with van der Waals surface area (Å²) in [6, 6.07) is 0. The largest absolute Gasteiger partial charge is 0.329 e. The van der Waals surface area contributed by atoms with Crippen LogP contribution in [-0.4, -0.2) is 29.1 Å². The third-order valence-corrected chi connectivity index (χ3v) is 2.57. The van der Waals surface area contributed by atoms with E-state index in [0.29, 0.717) is 18.0 Å². The van der Waals surface area contributed by atoms with Crippen LogP contribution in [0.4, 0.5) is 4.79 Å². The van der Waals surface area contributed by atoms with Gasteiger partial charge in [0.05, 0.1) is 4.91 Å². The highest BCUT2D eigenvalue weighted by molar-refractivity contribution is 8.18. The lowest BCUT2D eigenvalue weighted by Gasteiger charge is -2.09. The lowest BCUT2D eigenvalue weighted by molar-refractivity contribution is -0.122. The predicted molar refractivity (Wildman–Crippen MR) is 52.1 cm³/mol. The monoisotopic (exact) mass is 200 g/mol. The van der Waals surface area contributed by atoms with Gasteiger partial charge in [-0.1, -0.05) is 13.0 Å². The third-order valence-electron chi connectivity index (χ3n) is 1.62. The minimum Gasteiger partial charge on any atom is -0.329 e. The number of nitrogens with two attached hydrogens (primary N) is 1. The van der Waals surface area contributed by atoms with Gasteiger partial charge in [-0.05, 0) is 18.2 Å². The van der Waals surface area contributed by atoms with E-state index in [0.717, 1.165) is 18.2 Å². The van der Waals surface area contributed by atoms with Crippen LogP contribution < -0.4 is 5.73 Å². The Morgan fingerprint density at radius 2 is 2.23 bits per heavy atom. The highest BCUT2D eigenvalue weighted by atomic mass is 32.2. The molecule has 13 heavy (non-hydrogen) atoms. The predicted octanol–water partition coefficient (Wildman–Crippen LogP) is 0.934. The smallest absolute Gasteiger partial charge is 0.293 e. The van der Waals surface area contributed by atoms with E-state index in [-0.39, 0.29) is 11.1 Å². The second-order valence-electron chi connectivity index (χ2n) is 2.59. The molecule has 1 heterocycles. The summed E-state index contributed by atoms with van der Waals surface area (Å²) in [7, 11) is 0. The van der Waals surface area contributed by atoms with Crippen LogP contribution in [0.25, 0.3) is 0 Å². The molecule has 0 aromatic rings. The van der Waals surface area contributed by atoms with Crippen LogP contribution in [0.15, 0.2) is 11.0 Å². The molecule has 5 heteroatoms. The van der Waals surface area contributed by atoms with Gasteiger partial charge < -0.3 is 5.73 Å². The van der Waals surface area contributed by atoms with Gasteiger partial charge in [-0.3, -0.25) is 14.5 Å². The summed E-state index contributed by atoms with van der Waals surface area (Å²) in [6.07, 6.45) is 2.53. The van der Waals surface area contributed by atoms with Crippen molar-refractivity contribution >= 4 is 22.9 Å². The Balaban J connectivity index is 2.75. The number of amides is 2. The fourth-order valence-electron chi connectivity index (χ4n) is 1.05. The second-order valence-corrected chi connectivity index (χ2v) is 3.58. The zero-order chi connectivity index (χ0) is 9.84. The number of nitrogens with zero attached hydrogens (tertiary/aromatic N) is 1. The molecule has 1 aliphatic heterocycles. The highest BCUT2D eigenvalue weighted by Gasteiger charge is 2.33. The Morgan fingerprint density at radius 1 is 1.54 bits per heavy atom. The van der Waals surface area contributed by atoms with E-state index >= 15 is 0 Å². The molecule has 0 aromatic carbocycles.